The van der Waals surface area contributed by atoms with E-state index in [1.807, 2.05) is 0 Å². The number of halogens is 2. The van der Waals surface area contributed by atoms with E-state index in [0.717, 1.165) is 0 Å². The van der Waals surface area contributed by atoms with Crippen LogP contribution < -0.4 is 0 Å². The lowest BCUT2D eigenvalue weighted by Gasteiger charge is -1.99. The smallest absolute Gasteiger partial charge is 0.307 e. The number of hydrogen-bond donors (Lipinski definition) is 1. The molecule has 0 heterocycles. The summed E-state index contributed by atoms with van der Waals surface area (Å²) < 4.78 is 13.2. The third kappa shape index (κ3) is 3.72. The lowest BCUT2D eigenvalue weighted by molar-refractivity contribution is -0.136. The Morgan fingerprint density at radius 2 is 2.27 bits per heavy atom. The molecule has 0 spiro atoms. The van der Waals surface area contributed by atoms with E-state index in [4.69, 9.17) is 5.11 Å². The molecule has 0 aliphatic heterocycles. The minimum Gasteiger partial charge on any atom is -0.481 e. The highest BCUT2D eigenvalue weighted by atomic mass is 79.9. The lowest BCUT2D eigenvalue weighted by Crippen LogP contribution is -2.00. The summed E-state index contributed by atoms with van der Waals surface area (Å²) >= 11 is 3.10. The summed E-state index contributed by atoms with van der Waals surface area (Å²) in [5.41, 5.74) is 0.774. The molecule has 0 saturated carbocycles. The first-order chi connectivity index (χ1) is 7.13. The molecule has 15 heavy (non-hydrogen) atoms. The average molecular weight is 271 g/mol. The van der Waals surface area contributed by atoms with Gasteiger partial charge in [0.25, 0.3) is 0 Å². The number of carboxylic acid groups (broad SMARTS) is 1. The molecule has 0 aliphatic rings. The van der Waals surface area contributed by atoms with Gasteiger partial charge in [-0.1, -0.05) is 33.8 Å². The third-order valence-electron chi connectivity index (χ3n) is 1.68. The fourth-order valence-electron chi connectivity index (χ4n) is 1.08. The molecule has 4 heteroatoms. The van der Waals surface area contributed by atoms with Crippen LogP contribution >= 0.6 is 15.9 Å². The minimum absolute atomic E-state index is 0.122. The van der Waals surface area contributed by atoms with Crippen molar-refractivity contribution in [3.05, 3.63) is 35.1 Å². The molecular weight excluding hydrogens is 263 g/mol. The third-order valence-corrected chi connectivity index (χ3v) is 1.96. The van der Waals surface area contributed by atoms with Gasteiger partial charge in [-0.3, -0.25) is 4.79 Å². The second-order valence-electron chi connectivity index (χ2n) is 2.82. The highest BCUT2D eigenvalue weighted by Crippen LogP contribution is 2.10. The number of carboxylic acids is 1. The van der Waals surface area contributed by atoms with Crippen LogP contribution in [0.25, 0.3) is 0 Å². The monoisotopic (exact) mass is 270 g/mol. The summed E-state index contributed by atoms with van der Waals surface area (Å²) in [6.07, 6.45) is -0.122. The van der Waals surface area contributed by atoms with Gasteiger partial charge in [0.05, 0.1) is 17.3 Å². The Hall–Kier alpha value is -1.34. The molecule has 0 radical (unpaired) electrons. The molecule has 1 aromatic rings. The highest BCUT2D eigenvalue weighted by molar-refractivity contribution is 9.09. The van der Waals surface area contributed by atoms with E-state index in [2.05, 4.69) is 27.8 Å². The van der Waals surface area contributed by atoms with Crippen molar-refractivity contribution in [2.45, 2.75) is 6.42 Å². The fourth-order valence-corrected chi connectivity index (χ4v) is 1.22. The van der Waals surface area contributed by atoms with Crippen molar-refractivity contribution in [1.29, 1.82) is 0 Å². The molecule has 1 N–H and O–H groups in total. The summed E-state index contributed by atoms with van der Waals surface area (Å²) in [5, 5.41) is 9.02. The molecule has 0 atom stereocenters. The van der Waals surface area contributed by atoms with Crippen molar-refractivity contribution >= 4 is 21.9 Å². The number of alkyl halides is 1. The van der Waals surface area contributed by atoms with Crippen LogP contribution in [0.5, 0.6) is 0 Å². The fraction of sp³-hybridized carbons (Fsp3) is 0.182. The van der Waals surface area contributed by atoms with E-state index < -0.39 is 11.8 Å². The van der Waals surface area contributed by atoms with E-state index in [9.17, 15) is 9.18 Å². The van der Waals surface area contributed by atoms with Crippen LogP contribution in [0.15, 0.2) is 18.2 Å². The number of aliphatic carboxylic acids is 1. The first-order valence-electron chi connectivity index (χ1n) is 4.18. The summed E-state index contributed by atoms with van der Waals surface area (Å²) in [6, 6.07) is 4.14. The van der Waals surface area contributed by atoms with Crippen LogP contribution in [0.4, 0.5) is 4.39 Å². The molecule has 0 aliphatic carbocycles. The SMILES string of the molecule is O=C(O)Cc1ccc(F)c(C#CCBr)c1. The quantitative estimate of drug-likeness (QED) is 0.661. The maximum Gasteiger partial charge on any atom is 0.307 e. The summed E-state index contributed by atoms with van der Waals surface area (Å²) in [6.45, 7) is 0. The maximum atomic E-state index is 13.2. The van der Waals surface area contributed by atoms with Crippen LogP contribution in [-0.2, 0) is 11.2 Å². The van der Waals surface area contributed by atoms with E-state index in [1.54, 1.807) is 0 Å². The van der Waals surface area contributed by atoms with Crippen LogP contribution in [0, 0.1) is 17.7 Å². The Kier molecular flexibility index (Phi) is 4.32. The number of rotatable bonds is 2. The van der Waals surface area contributed by atoms with Crippen molar-refractivity contribution in [2.24, 2.45) is 0 Å². The van der Waals surface area contributed by atoms with Gasteiger partial charge in [0.2, 0.25) is 0 Å². The first kappa shape index (κ1) is 11.7. The van der Waals surface area contributed by atoms with Gasteiger partial charge in [-0.05, 0) is 17.7 Å². The average Bonchev–Trinajstić information content (AvgIpc) is 2.18. The zero-order chi connectivity index (χ0) is 11.3. The van der Waals surface area contributed by atoms with Gasteiger partial charge in [0.1, 0.15) is 5.82 Å². The molecule has 2 nitrogen and oxygen atoms in total. The molecule has 0 aromatic heterocycles. The second-order valence-corrected chi connectivity index (χ2v) is 3.38. The normalized spacial score (nSPS) is 9.20. The van der Waals surface area contributed by atoms with Gasteiger partial charge in [0, 0.05) is 0 Å². The van der Waals surface area contributed by atoms with E-state index in [-0.39, 0.29) is 12.0 Å². The number of hydrogen-bond acceptors (Lipinski definition) is 1. The Bertz CT molecular complexity index is 432. The minimum atomic E-state index is -0.944. The van der Waals surface area contributed by atoms with Crippen molar-refractivity contribution in [2.75, 3.05) is 5.33 Å². The van der Waals surface area contributed by atoms with Gasteiger partial charge >= 0.3 is 5.97 Å². The molecular formula is C11H8BrFO2. The zero-order valence-corrected chi connectivity index (χ0v) is 9.34. The van der Waals surface area contributed by atoms with Crippen molar-refractivity contribution in [3.63, 3.8) is 0 Å². The Morgan fingerprint density at radius 3 is 2.87 bits per heavy atom. The van der Waals surface area contributed by atoms with Gasteiger partial charge in [-0.25, -0.2) is 4.39 Å². The summed E-state index contributed by atoms with van der Waals surface area (Å²) in [5.74, 6) is 3.90. The number of carbonyl (C=O) groups is 1. The molecule has 0 saturated heterocycles. The molecule has 0 amide bonds. The van der Waals surface area contributed by atoms with Gasteiger partial charge in [-0.2, -0.15) is 0 Å². The van der Waals surface area contributed by atoms with Crippen molar-refractivity contribution in [1.82, 2.24) is 0 Å². The zero-order valence-electron chi connectivity index (χ0n) is 7.76. The van der Waals surface area contributed by atoms with Crippen LogP contribution in [0.2, 0.25) is 0 Å². The predicted octanol–water partition coefficient (Wildman–Crippen LogP) is 2.20. The largest absolute Gasteiger partial charge is 0.481 e. The number of benzene rings is 1. The Labute approximate surface area is 95.2 Å². The van der Waals surface area contributed by atoms with Crippen LogP contribution in [-0.4, -0.2) is 16.4 Å². The molecule has 0 unspecified atom stereocenters. The Morgan fingerprint density at radius 1 is 1.53 bits per heavy atom. The molecule has 1 aromatic carbocycles. The van der Waals surface area contributed by atoms with E-state index in [0.29, 0.717) is 10.9 Å². The van der Waals surface area contributed by atoms with Gasteiger partial charge in [0.15, 0.2) is 0 Å². The Balaban J connectivity index is 2.99. The predicted molar refractivity (Wildman–Crippen MR) is 58.4 cm³/mol. The van der Waals surface area contributed by atoms with Gasteiger partial charge < -0.3 is 5.11 Å². The van der Waals surface area contributed by atoms with Crippen LogP contribution in [0.1, 0.15) is 11.1 Å². The van der Waals surface area contributed by atoms with Gasteiger partial charge in [-0.15, -0.1) is 0 Å². The topological polar surface area (TPSA) is 37.3 Å². The lowest BCUT2D eigenvalue weighted by atomic mass is 10.1. The van der Waals surface area contributed by atoms with Crippen molar-refractivity contribution in [3.8, 4) is 11.8 Å². The molecule has 1 rings (SSSR count). The molecule has 0 bridgehead atoms. The standard InChI is InChI=1S/C11H8BrFO2/c12-5-1-2-9-6-8(7-11(14)15)3-4-10(9)13/h3-4,6H,5,7H2,(H,14,15). The van der Waals surface area contributed by atoms with E-state index >= 15 is 0 Å². The summed E-state index contributed by atoms with van der Waals surface area (Å²) in [7, 11) is 0. The van der Waals surface area contributed by atoms with Crippen molar-refractivity contribution < 1.29 is 14.3 Å². The second kappa shape index (κ2) is 5.52. The maximum absolute atomic E-state index is 13.2. The highest BCUT2D eigenvalue weighted by Gasteiger charge is 2.04. The molecule has 78 valence electrons. The first-order valence-corrected chi connectivity index (χ1v) is 5.30. The summed E-state index contributed by atoms with van der Waals surface area (Å²) in [4.78, 5) is 10.4. The van der Waals surface area contributed by atoms with Crippen LogP contribution in [0.3, 0.4) is 0 Å². The van der Waals surface area contributed by atoms with E-state index in [1.165, 1.54) is 18.2 Å². The molecule has 0 fully saturated rings.